The summed E-state index contributed by atoms with van der Waals surface area (Å²) in [6, 6.07) is 11.9. The number of hydrogen-bond donors (Lipinski definition) is 3. The van der Waals surface area contributed by atoms with Gasteiger partial charge >= 0.3 is 6.03 Å². The van der Waals surface area contributed by atoms with Crippen LogP contribution in [-0.4, -0.2) is 36.3 Å². The van der Waals surface area contributed by atoms with E-state index in [4.69, 9.17) is 9.47 Å². The number of anilines is 1. The average molecular weight is 368 g/mol. The normalized spacial score (nSPS) is 10.6. The molecule has 0 bridgehead atoms. The number of carbonyl (C=O) groups is 1. The Kier molecular flexibility index (Phi) is 6.01. The van der Waals surface area contributed by atoms with Crippen LogP contribution in [0.4, 0.5) is 10.5 Å². The van der Waals surface area contributed by atoms with Crippen molar-refractivity contribution in [2.24, 2.45) is 0 Å². The molecule has 0 unspecified atom stereocenters. The monoisotopic (exact) mass is 368 g/mol. The highest BCUT2D eigenvalue weighted by Gasteiger charge is 2.06. The van der Waals surface area contributed by atoms with E-state index in [0.717, 1.165) is 16.5 Å². The molecule has 0 saturated carbocycles. The summed E-state index contributed by atoms with van der Waals surface area (Å²) < 4.78 is 10.3. The summed E-state index contributed by atoms with van der Waals surface area (Å²) >= 11 is 0. The summed E-state index contributed by atoms with van der Waals surface area (Å²) in [6.45, 7) is 1.10. The number of rotatable bonds is 7. The van der Waals surface area contributed by atoms with Crippen LogP contribution in [-0.2, 0) is 11.3 Å². The number of para-hydroxylation sites is 1. The van der Waals surface area contributed by atoms with Crippen LogP contribution in [0.5, 0.6) is 5.88 Å². The average Bonchev–Trinajstić information content (AvgIpc) is 2.67. The molecule has 2 heterocycles. The zero-order chi connectivity index (χ0) is 19.1. The SMILES string of the molecule is COCCOc1ccc(NC(=O)NCc2cc(=O)[nH]c3ccccc23)cn1. The number of aromatic amines is 1. The fourth-order valence-corrected chi connectivity index (χ4v) is 2.54. The highest BCUT2D eigenvalue weighted by atomic mass is 16.5. The van der Waals surface area contributed by atoms with Crippen LogP contribution >= 0.6 is 0 Å². The molecule has 0 aliphatic heterocycles. The summed E-state index contributed by atoms with van der Waals surface area (Å²) in [5.74, 6) is 0.452. The summed E-state index contributed by atoms with van der Waals surface area (Å²) in [5.41, 5.74) is 1.79. The number of carbonyl (C=O) groups excluding carboxylic acids is 1. The van der Waals surface area contributed by atoms with Crippen LogP contribution in [0.15, 0.2) is 53.5 Å². The Balaban J connectivity index is 1.58. The second-order valence-corrected chi connectivity index (χ2v) is 5.74. The molecule has 3 rings (SSSR count). The molecule has 8 heteroatoms. The van der Waals surface area contributed by atoms with Gasteiger partial charge in [0.2, 0.25) is 11.4 Å². The molecule has 0 aliphatic carbocycles. The number of hydrogen-bond acceptors (Lipinski definition) is 5. The summed E-state index contributed by atoms with van der Waals surface area (Å²) in [7, 11) is 1.59. The van der Waals surface area contributed by atoms with E-state index in [2.05, 4.69) is 20.6 Å². The van der Waals surface area contributed by atoms with Gasteiger partial charge in [-0.15, -0.1) is 0 Å². The van der Waals surface area contributed by atoms with Crippen molar-refractivity contribution >= 4 is 22.6 Å². The third kappa shape index (κ3) is 5.05. The van der Waals surface area contributed by atoms with E-state index < -0.39 is 6.03 Å². The number of H-pyrrole nitrogens is 1. The second-order valence-electron chi connectivity index (χ2n) is 5.74. The van der Waals surface area contributed by atoms with Gasteiger partial charge < -0.3 is 25.1 Å². The van der Waals surface area contributed by atoms with Crippen molar-refractivity contribution in [1.29, 1.82) is 0 Å². The maximum absolute atomic E-state index is 12.1. The molecule has 3 aromatic rings. The lowest BCUT2D eigenvalue weighted by atomic mass is 10.1. The summed E-state index contributed by atoms with van der Waals surface area (Å²) in [5, 5.41) is 6.32. The molecule has 0 saturated heterocycles. The van der Waals surface area contributed by atoms with E-state index in [1.165, 1.54) is 12.3 Å². The predicted octanol–water partition coefficient (Wildman–Crippen LogP) is 2.27. The number of ether oxygens (including phenoxy) is 2. The van der Waals surface area contributed by atoms with Crippen molar-refractivity contribution in [2.75, 3.05) is 25.6 Å². The molecule has 0 spiro atoms. The number of benzene rings is 1. The lowest BCUT2D eigenvalue weighted by Crippen LogP contribution is -2.28. The number of methoxy groups -OCH3 is 1. The molecule has 3 N–H and O–H groups in total. The lowest BCUT2D eigenvalue weighted by Gasteiger charge is -2.10. The van der Waals surface area contributed by atoms with Gasteiger partial charge in [-0.05, 0) is 17.7 Å². The number of nitrogens with zero attached hydrogens (tertiary/aromatic N) is 1. The molecular formula is C19H20N4O4. The first-order valence-corrected chi connectivity index (χ1v) is 8.39. The fraction of sp³-hybridized carbons (Fsp3) is 0.211. The van der Waals surface area contributed by atoms with Gasteiger partial charge in [-0.3, -0.25) is 4.79 Å². The first-order chi connectivity index (χ1) is 13.2. The molecular weight excluding hydrogens is 348 g/mol. The standard InChI is InChI=1S/C19H20N4O4/c1-26-8-9-27-18-7-6-14(12-20-18)22-19(25)21-11-13-10-17(24)23-16-5-3-2-4-15(13)16/h2-7,10,12H,8-9,11H2,1H3,(H,23,24)(H2,21,22,25). The Labute approximate surface area is 155 Å². The van der Waals surface area contributed by atoms with Gasteiger partial charge in [-0.1, -0.05) is 18.2 Å². The first kappa shape index (κ1) is 18.4. The van der Waals surface area contributed by atoms with Gasteiger partial charge in [0.15, 0.2) is 0 Å². The fourth-order valence-electron chi connectivity index (χ4n) is 2.54. The minimum Gasteiger partial charge on any atom is -0.475 e. The molecule has 0 atom stereocenters. The maximum Gasteiger partial charge on any atom is 0.319 e. The highest BCUT2D eigenvalue weighted by Crippen LogP contribution is 2.15. The van der Waals surface area contributed by atoms with E-state index in [9.17, 15) is 9.59 Å². The van der Waals surface area contributed by atoms with E-state index >= 15 is 0 Å². The number of nitrogens with one attached hydrogen (secondary N) is 3. The number of aromatic nitrogens is 2. The third-order valence-electron chi connectivity index (χ3n) is 3.81. The Morgan fingerprint density at radius 1 is 1.19 bits per heavy atom. The van der Waals surface area contributed by atoms with Gasteiger partial charge in [-0.25, -0.2) is 9.78 Å². The van der Waals surface area contributed by atoms with Crippen molar-refractivity contribution < 1.29 is 14.3 Å². The molecule has 0 radical (unpaired) electrons. The van der Waals surface area contributed by atoms with Gasteiger partial charge in [0.25, 0.3) is 0 Å². The number of urea groups is 1. The van der Waals surface area contributed by atoms with Crippen molar-refractivity contribution in [3.63, 3.8) is 0 Å². The van der Waals surface area contributed by atoms with E-state index in [-0.39, 0.29) is 12.1 Å². The topological polar surface area (TPSA) is 105 Å². The Hall–Kier alpha value is -3.39. The summed E-state index contributed by atoms with van der Waals surface area (Å²) in [4.78, 5) is 30.8. The maximum atomic E-state index is 12.1. The van der Waals surface area contributed by atoms with Crippen LogP contribution in [0.25, 0.3) is 10.9 Å². The minimum absolute atomic E-state index is 0.209. The van der Waals surface area contributed by atoms with Gasteiger partial charge in [0.1, 0.15) is 6.61 Å². The zero-order valence-corrected chi connectivity index (χ0v) is 14.8. The molecule has 27 heavy (non-hydrogen) atoms. The molecule has 2 aromatic heterocycles. The van der Waals surface area contributed by atoms with Crippen molar-refractivity contribution in [2.45, 2.75) is 6.54 Å². The molecule has 8 nitrogen and oxygen atoms in total. The highest BCUT2D eigenvalue weighted by molar-refractivity contribution is 5.89. The molecule has 140 valence electrons. The van der Waals surface area contributed by atoms with Crippen LogP contribution < -0.4 is 20.9 Å². The number of fused-ring (bicyclic) bond motifs is 1. The van der Waals surface area contributed by atoms with Crippen molar-refractivity contribution in [3.05, 3.63) is 64.6 Å². The predicted molar refractivity (Wildman–Crippen MR) is 102 cm³/mol. The van der Waals surface area contributed by atoms with E-state index in [0.29, 0.717) is 24.8 Å². The molecule has 0 aliphatic rings. The summed E-state index contributed by atoms with van der Waals surface area (Å²) in [6.07, 6.45) is 1.50. The smallest absolute Gasteiger partial charge is 0.319 e. The van der Waals surface area contributed by atoms with Crippen LogP contribution in [0, 0.1) is 0 Å². The Morgan fingerprint density at radius 2 is 2.04 bits per heavy atom. The lowest BCUT2D eigenvalue weighted by molar-refractivity contribution is 0.144. The minimum atomic E-state index is -0.394. The Bertz CT molecular complexity index is 969. The van der Waals surface area contributed by atoms with Crippen LogP contribution in [0.1, 0.15) is 5.56 Å². The molecule has 2 amide bonds. The number of pyridine rings is 2. The molecule has 1 aromatic carbocycles. The van der Waals surface area contributed by atoms with Gasteiger partial charge in [0, 0.05) is 36.7 Å². The first-order valence-electron chi connectivity index (χ1n) is 8.39. The Morgan fingerprint density at radius 3 is 2.81 bits per heavy atom. The largest absolute Gasteiger partial charge is 0.475 e. The van der Waals surface area contributed by atoms with E-state index in [1.54, 1.807) is 19.2 Å². The zero-order valence-electron chi connectivity index (χ0n) is 14.8. The van der Waals surface area contributed by atoms with Crippen molar-refractivity contribution in [1.82, 2.24) is 15.3 Å². The van der Waals surface area contributed by atoms with E-state index in [1.807, 2.05) is 24.3 Å². The quantitative estimate of drug-likeness (QED) is 0.555. The van der Waals surface area contributed by atoms with Crippen LogP contribution in [0.3, 0.4) is 0 Å². The van der Waals surface area contributed by atoms with Crippen LogP contribution in [0.2, 0.25) is 0 Å². The molecule has 0 fully saturated rings. The third-order valence-corrected chi connectivity index (χ3v) is 3.81. The second kappa shape index (κ2) is 8.81. The number of amides is 2. The van der Waals surface area contributed by atoms with Gasteiger partial charge in [-0.2, -0.15) is 0 Å². The van der Waals surface area contributed by atoms with Crippen molar-refractivity contribution in [3.8, 4) is 5.88 Å². The van der Waals surface area contributed by atoms with Gasteiger partial charge in [0.05, 0.1) is 18.5 Å².